The average Bonchev–Trinajstić information content (AvgIpc) is 2.80. The number of fused-ring (bicyclic) bond motifs is 1. The fourth-order valence-corrected chi connectivity index (χ4v) is 2.36. The third-order valence-electron chi connectivity index (χ3n) is 3.15. The van der Waals surface area contributed by atoms with E-state index >= 15 is 0 Å². The van der Waals surface area contributed by atoms with E-state index in [9.17, 15) is 0 Å². The van der Waals surface area contributed by atoms with Crippen molar-refractivity contribution in [1.82, 2.24) is 14.5 Å². The molecule has 0 aliphatic heterocycles. The Hall–Kier alpha value is -1.91. The molecule has 0 saturated heterocycles. The topological polar surface area (TPSA) is 56.7 Å². The fraction of sp³-hybridized carbons (Fsp3) is 0.143. The van der Waals surface area contributed by atoms with E-state index < -0.39 is 0 Å². The number of pyridine rings is 1. The molecule has 2 aromatic heterocycles. The van der Waals surface area contributed by atoms with Gasteiger partial charge in [0, 0.05) is 11.2 Å². The van der Waals surface area contributed by atoms with Crippen LogP contribution < -0.4 is 5.73 Å². The zero-order chi connectivity index (χ0) is 13.4. The van der Waals surface area contributed by atoms with Crippen molar-refractivity contribution in [3.05, 3.63) is 52.9 Å². The van der Waals surface area contributed by atoms with Gasteiger partial charge in [0.05, 0.1) is 12.2 Å². The highest BCUT2D eigenvalue weighted by Crippen LogP contribution is 2.26. The molecule has 3 rings (SSSR count). The Labute approximate surface area is 115 Å². The van der Waals surface area contributed by atoms with Gasteiger partial charge in [0.1, 0.15) is 11.3 Å². The van der Waals surface area contributed by atoms with E-state index in [1.165, 1.54) is 0 Å². The Kier molecular flexibility index (Phi) is 2.97. The summed E-state index contributed by atoms with van der Waals surface area (Å²) in [4.78, 5) is 8.91. The Morgan fingerprint density at radius 2 is 2.11 bits per heavy atom. The van der Waals surface area contributed by atoms with Gasteiger partial charge < -0.3 is 5.73 Å². The average molecular weight is 273 g/mol. The summed E-state index contributed by atoms with van der Waals surface area (Å²) >= 11 is 6.19. The number of aromatic nitrogens is 3. The van der Waals surface area contributed by atoms with Crippen molar-refractivity contribution in [2.45, 2.75) is 13.5 Å². The summed E-state index contributed by atoms with van der Waals surface area (Å²) in [5, 5.41) is 0.721. The van der Waals surface area contributed by atoms with Gasteiger partial charge in [-0.2, -0.15) is 0 Å². The maximum atomic E-state index is 6.19. The summed E-state index contributed by atoms with van der Waals surface area (Å²) < 4.78 is 1.97. The normalized spacial score (nSPS) is 11.1. The summed E-state index contributed by atoms with van der Waals surface area (Å²) in [5.41, 5.74) is 9.39. The molecule has 5 heteroatoms. The van der Waals surface area contributed by atoms with Crippen LogP contribution in [-0.4, -0.2) is 14.5 Å². The van der Waals surface area contributed by atoms with Gasteiger partial charge in [-0.1, -0.05) is 17.7 Å². The van der Waals surface area contributed by atoms with E-state index in [0.29, 0.717) is 6.54 Å². The van der Waals surface area contributed by atoms with Crippen LogP contribution in [-0.2, 0) is 6.54 Å². The number of imidazole rings is 1. The summed E-state index contributed by atoms with van der Waals surface area (Å²) in [5.74, 6) is 0.777. The number of hydrogen-bond donors (Lipinski definition) is 1. The van der Waals surface area contributed by atoms with Gasteiger partial charge in [-0.25, -0.2) is 9.97 Å². The molecule has 0 bridgehead atoms. The number of rotatable bonds is 2. The molecule has 2 heterocycles. The van der Waals surface area contributed by atoms with Crippen LogP contribution in [0.25, 0.3) is 16.9 Å². The van der Waals surface area contributed by atoms with Crippen molar-refractivity contribution in [3.8, 4) is 5.69 Å². The summed E-state index contributed by atoms with van der Waals surface area (Å²) in [6.45, 7) is 2.33. The predicted molar refractivity (Wildman–Crippen MR) is 76.5 cm³/mol. The Morgan fingerprint density at radius 3 is 2.89 bits per heavy atom. The molecule has 0 fully saturated rings. The zero-order valence-corrected chi connectivity index (χ0v) is 11.2. The fourth-order valence-electron chi connectivity index (χ4n) is 2.19. The number of hydrogen-bond acceptors (Lipinski definition) is 3. The van der Waals surface area contributed by atoms with E-state index in [2.05, 4.69) is 9.97 Å². The largest absolute Gasteiger partial charge is 0.324 e. The van der Waals surface area contributed by atoms with Crippen molar-refractivity contribution < 1.29 is 0 Å². The van der Waals surface area contributed by atoms with Crippen LogP contribution in [0.15, 0.2) is 36.5 Å². The van der Waals surface area contributed by atoms with Crippen molar-refractivity contribution in [2.75, 3.05) is 0 Å². The molecule has 0 atom stereocenters. The molecule has 1 aromatic carbocycles. The third kappa shape index (κ3) is 1.89. The SMILES string of the molecule is Cc1c(Cl)cccc1-n1c(CN)nc2cccnc21. The van der Waals surface area contributed by atoms with Gasteiger partial charge in [0.25, 0.3) is 0 Å². The first-order chi connectivity index (χ1) is 9.22. The van der Waals surface area contributed by atoms with E-state index in [0.717, 1.165) is 33.3 Å². The lowest BCUT2D eigenvalue weighted by atomic mass is 10.2. The highest BCUT2D eigenvalue weighted by Gasteiger charge is 2.14. The number of nitrogens with two attached hydrogens (primary N) is 1. The molecule has 0 aliphatic rings. The van der Waals surface area contributed by atoms with Gasteiger partial charge in [0.15, 0.2) is 5.65 Å². The molecule has 0 radical (unpaired) electrons. The van der Waals surface area contributed by atoms with E-state index in [-0.39, 0.29) is 0 Å². The molecule has 0 unspecified atom stereocenters. The van der Waals surface area contributed by atoms with Crippen molar-refractivity contribution in [3.63, 3.8) is 0 Å². The van der Waals surface area contributed by atoms with E-state index in [1.54, 1.807) is 6.20 Å². The maximum absolute atomic E-state index is 6.19. The van der Waals surface area contributed by atoms with Crippen LogP contribution in [0.1, 0.15) is 11.4 Å². The van der Waals surface area contributed by atoms with Crippen molar-refractivity contribution in [1.29, 1.82) is 0 Å². The second-order valence-electron chi connectivity index (χ2n) is 4.30. The molecular formula is C14H13ClN4. The first-order valence-corrected chi connectivity index (χ1v) is 6.38. The van der Waals surface area contributed by atoms with Crippen LogP contribution in [0.3, 0.4) is 0 Å². The first-order valence-electron chi connectivity index (χ1n) is 6.00. The van der Waals surface area contributed by atoms with E-state index in [1.807, 2.05) is 41.8 Å². The van der Waals surface area contributed by atoms with Gasteiger partial charge in [-0.15, -0.1) is 0 Å². The molecule has 4 nitrogen and oxygen atoms in total. The first kappa shape index (κ1) is 12.1. The number of nitrogens with zero attached hydrogens (tertiary/aromatic N) is 3. The number of benzene rings is 1. The Morgan fingerprint density at radius 1 is 1.26 bits per heavy atom. The minimum atomic E-state index is 0.350. The molecule has 0 spiro atoms. The minimum absolute atomic E-state index is 0.350. The molecule has 0 amide bonds. The summed E-state index contributed by atoms with van der Waals surface area (Å²) in [7, 11) is 0. The molecule has 3 aromatic rings. The molecular weight excluding hydrogens is 260 g/mol. The number of halogens is 1. The van der Waals surface area contributed by atoms with Gasteiger partial charge in [-0.05, 0) is 36.8 Å². The van der Waals surface area contributed by atoms with Crippen LogP contribution in [0.4, 0.5) is 0 Å². The Balaban J connectivity index is 2.38. The maximum Gasteiger partial charge on any atom is 0.164 e. The molecule has 96 valence electrons. The molecule has 0 aliphatic carbocycles. The lowest BCUT2D eigenvalue weighted by molar-refractivity contribution is 0.873. The molecule has 2 N–H and O–H groups in total. The Bertz CT molecular complexity index is 748. The summed E-state index contributed by atoms with van der Waals surface area (Å²) in [6, 6.07) is 9.58. The highest BCUT2D eigenvalue weighted by atomic mass is 35.5. The highest BCUT2D eigenvalue weighted by molar-refractivity contribution is 6.31. The van der Waals surface area contributed by atoms with Crippen LogP contribution in [0, 0.1) is 6.92 Å². The van der Waals surface area contributed by atoms with E-state index in [4.69, 9.17) is 17.3 Å². The van der Waals surface area contributed by atoms with Crippen molar-refractivity contribution in [2.24, 2.45) is 5.73 Å². The standard InChI is InChI=1S/C14H13ClN4/c1-9-10(15)4-2-6-12(9)19-13(8-16)18-11-5-3-7-17-14(11)19/h2-7H,8,16H2,1H3. The lowest BCUT2D eigenvalue weighted by Gasteiger charge is -2.11. The van der Waals surface area contributed by atoms with Crippen LogP contribution in [0.2, 0.25) is 5.02 Å². The second kappa shape index (κ2) is 4.64. The van der Waals surface area contributed by atoms with Gasteiger partial charge in [-0.3, -0.25) is 4.57 Å². The quantitative estimate of drug-likeness (QED) is 0.780. The smallest absolute Gasteiger partial charge is 0.164 e. The zero-order valence-electron chi connectivity index (χ0n) is 10.5. The second-order valence-corrected chi connectivity index (χ2v) is 4.70. The van der Waals surface area contributed by atoms with Gasteiger partial charge in [0.2, 0.25) is 0 Å². The molecule has 19 heavy (non-hydrogen) atoms. The minimum Gasteiger partial charge on any atom is -0.324 e. The van der Waals surface area contributed by atoms with Crippen molar-refractivity contribution >= 4 is 22.8 Å². The monoisotopic (exact) mass is 272 g/mol. The van der Waals surface area contributed by atoms with Gasteiger partial charge >= 0.3 is 0 Å². The van der Waals surface area contributed by atoms with Crippen LogP contribution >= 0.6 is 11.6 Å². The summed E-state index contributed by atoms with van der Waals surface area (Å²) in [6.07, 6.45) is 1.75. The predicted octanol–water partition coefficient (Wildman–Crippen LogP) is 2.84. The molecule has 0 saturated carbocycles. The lowest BCUT2D eigenvalue weighted by Crippen LogP contribution is -2.08. The third-order valence-corrected chi connectivity index (χ3v) is 3.56. The van der Waals surface area contributed by atoms with Crippen LogP contribution in [0.5, 0.6) is 0 Å².